The number of hydrogen-bond acceptors (Lipinski definition) is 4. The van der Waals surface area contributed by atoms with Crippen LogP contribution in [0.2, 0.25) is 0 Å². The second-order valence-corrected chi connectivity index (χ2v) is 6.47. The van der Waals surface area contributed by atoms with Crippen LogP contribution >= 0.6 is 0 Å². The Bertz CT molecular complexity index is 825. The predicted octanol–water partition coefficient (Wildman–Crippen LogP) is -1.27. The highest BCUT2D eigenvalue weighted by Crippen LogP contribution is 2.25. The Kier molecular flexibility index (Phi) is 4.01. The number of hydrogen-bond donors (Lipinski definition) is 2. The van der Waals surface area contributed by atoms with E-state index in [4.69, 9.17) is 0 Å². The summed E-state index contributed by atoms with van der Waals surface area (Å²) < 4.78 is 3.41. The van der Waals surface area contributed by atoms with Gasteiger partial charge in [0.1, 0.15) is 0 Å². The van der Waals surface area contributed by atoms with Crippen molar-refractivity contribution in [3.05, 3.63) is 20.8 Å². The van der Waals surface area contributed by atoms with Crippen molar-refractivity contribution in [2.75, 3.05) is 38.1 Å². The second kappa shape index (κ2) is 5.84. The number of fused-ring (bicyclic) bond motifs is 1. The first kappa shape index (κ1) is 15.8. The first-order chi connectivity index (χ1) is 10.9. The largest absolute Gasteiger partial charge is 0.334 e. The molecular formula is C15H25N6O2+. The molecule has 2 N–H and O–H groups in total. The van der Waals surface area contributed by atoms with E-state index < -0.39 is 5.69 Å². The number of nitrogens with zero attached hydrogens (tertiary/aromatic N) is 4. The van der Waals surface area contributed by atoms with Crippen LogP contribution in [0, 0.1) is 0 Å². The molecule has 0 spiro atoms. The number of rotatable bonds is 3. The van der Waals surface area contributed by atoms with Gasteiger partial charge in [0, 0.05) is 13.1 Å². The minimum absolute atomic E-state index is 0.139. The fraction of sp³-hybridized carbons (Fsp3) is 0.667. The van der Waals surface area contributed by atoms with Crippen molar-refractivity contribution in [1.82, 2.24) is 19.1 Å². The van der Waals surface area contributed by atoms with Crippen molar-refractivity contribution < 1.29 is 4.90 Å². The molecule has 0 aromatic carbocycles. The molecule has 1 fully saturated rings. The Balaban J connectivity index is 2.24. The second-order valence-electron chi connectivity index (χ2n) is 6.47. The lowest BCUT2D eigenvalue weighted by Crippen LogP contribution is -3.12. The van der Waals surface area contributed by atoms with Gasteiger partial charge >= 0.3 is 5.69 Å². The summed E-state index contributed by atoms with van der Waals surface area (Å²) in [4.78, 5) is 35.1. The number of imidazole rings is 1. The van der Waals surface area contributed by atoms with Crippen molar-refractivity contribution in [3.63, 3.8) is 0 Å². The monoisotopic (exact) mass is 321 g/mol. The number of aryl methyl sites for hydroxylation is 1. The van der Waals surface area contributed by atoms with Crippen LogP contribution in [-0.2, 0) is 7.05 Å². The van der Waals surface area contributed by atoms with Crippen LogP contribution in [-0.4, -0.2) is 52.3 Å². The summed E-state index contributed by atoms with van der Waals surface area (Å²) in [6, 6.07) is 0.139. The van der Waals surface area contributed by atoms with Crippen molar-refractivity contribution >= 4 is 17.1 Å². The van der Waals surface area contributed by atoms with Crippen LogP contribution in [0.15, 0.2) is 9.59 Å². The number of anilines is 1. The van der Waals surface area contributed by atoms with Crippen LogP contribution in [0.4, 0.5) is 5.95 Å². The zero-order valence-electron chi connectivity index (χ0n) is 14.2. The molecule has 1 aliphatic heterocycles. The Morgan fingerprint density at radius 3 is 2.57 bits per heavy atom. The summed E-state index contributed by atoms with van der Waals surface area (Å²) in [5, 5.41) is 0. The van der Waals surface area contributed by atoms with Gasteiger partial charge in [-0.15, -0.1) is 0 Å². The van der Waals surface area contributed by atoms with E-state index in [0.717, 1.165) is 38.5 Å². The summed E-state index contributed by atoms with van der Waals surface area (Å²) in [6.45, 7) is 8.05. The molecule has 2 aromatic heterocycles. The molecule has 8 heteroatoms. The molecule has 1 saturated heterocycles. The van der Waals surface area contributed by atoms with Gasteiger partial charge in [-0.2, -0.15) is 4.98 Å². The molecule has 3 rings (SSSR count). The fourth-order valence-corrected chi connectivity index (χ4v) is 3.10. The summed E-state index contributed by atoms with van der Waals surface area (Å²) in [7, 11) is 3.83. The molecule has 8 nitrogen and oxygen atoms in total. The van der Waals surface area contributed by atoms with Crippen LogP contribution in [0.25, 0.3) is 11.2 Å². The summed E-state index contributed by atoms with van der Waals surface area (Å²) in [5.74, 6) is 0.800. The van der Waals surface area contributed by atoms with E-state index in [9.17, 15) is 9.59 Å². The number of likely N-dealkylation sites (N-methyl/N-ethyl adjacent to an activating group) is 1. The van der Waals surface area contributed by atoms with Crippen LogP contribution in [0.5, 0.6) is 0 Å². The van der Waals surface area contributed by atoms with Crippen LogP contribution in [0.3, 0.4) is 0 Å². The topological polar surface area (TPSA) is 80.4 Å². The van der Waals surface area contributed by atoms with Gasteiger partial charge in [0.2, 0.25) is 5.95 Å². The standard InChI is InChI=1S/C15H24N6O2/c1-5-10(2)21-11-12(19(4)15(23)17-13(11)22)16-14(21)20-8-6-18(3)7-9-20/h10H,5-9H2,1-4H3,(H,17,22,23)/p+1/t10-/m0/s1. The Morgan fingerprint density at radius 2 is 1.96 bits per heavy atom. The molecule has 0 unspecified atom stereocenters. The van der Waals surface area contributed by atoms with Crippen molar-refractivity contribution in [1.29, 1.82) is 0 Å². The minimum atomic E-state index is -0.425. The molecule has 0 bridgehead atoms. The normalized spacial score (nSPS) is 17.8. The number of piperazine rings is 1. The minimum Gasteiger partial charge on any atom is -0.334 e. The van der Waals surface area contributed by atoms with Gasteiger partial charge in [-0.05, 0) is 13.3 Å². The maximum absolute atomic E-state index is 12.4. The molecule has 1 aliphatic rings. The zero-order valence-corrected chi connectivity index (χ0v) is 14.2. The zero-order chi connectivity index (χ0) is 16.7. The van der Waals surface area contributed by atoms with Crippen molar-refractivity contribution in [3.8, 4) is 0 Å². The Labute approximate surface area is 134 Å². The lowest BCUT2D eigenvalue weighted by molar-refractivity contribution is -0.880. The van der Waals surface area contributed by atoms with Crippen LogP contribution in [0.1, 0.15) is 26.3 Å². The van der Waals surface area contributed by atoms with Gasteiger partial charge in [0.15, 0.2) is 11.2 Å². The molecule has 1 atom stereocenters. The van der Waals surface area contributed by atoms with E-state index in [-0.39, 0.29) is 11.6 Å². The molecular weight excluding hydrogens is 296 g/mol. The van der Waals surface area contributed by atoms with Crippen molar-refractivity contribution in [2.45, 2.75) is 26.3 Å². The summed E-state index contributed by atoms with van der Waals surface area (Å²) in [5.41, 5.74) is 0.163. The third kappa shape index (κ3) is 2.56. The Hall–Kier alpha value is -2.09. The quantitative estimate of drug-likeness (QED) is 0.739. The van der Waals surface area contributed by atoms with E-state index in [1.807, 2.05) is 4.57 Å². The molecule has 0 amide bonds. The molecule has 126 valence electrons. The van der Waals surface area contributed by atoms with Gasteiger partial charge in [0.05, 0.1) is 33.2 Å². The average Bonchev–Trinajstić information content (AvgIpc) is 2.94. The van der Waals surface area contributed by atoms with Gasteiger partial charge in [-0.1, -0.05) is 6.92 Å². The highest BCUT2D eigenvalue weighted by atomic mass is 16.2. The third-order valence-electron chi connectivity index (χ3n) is 4.86. The van der Waals surface area contributed by atoms with E-state index in [1.54, 1.807) is 7.05 Å². The van der Waals surface area contributed by atoms with Crippen molar-refractivity contribution in [2.24, 2.45) is 7.05 Å². The Morgan fingerprint density at radius 1 is 1.30 bits per heavy atom. The molecule has 0 aliphatic carbocycles. The number of quaternary nitrogens is 1. The maximum atomic E-state index is 12.4. The fourth-order valence-electron chi connectivity index (χ4n) is 3.10. The lowest BCUT2D eigenvalue weighted by atomic mass is 10.2. The van der Waals surface area contributed by atoms with Gasteiger partial charge in [0.25, 0.3) is 5.56 Å². The first-order valence-corrected chi connectivity index (χ1v) is 8.21. The summed E-state index contributed by atoms with van der Waals surface area (Å²) >= 11 is 0. The number of aromatic nitrogens is 4. The van der Waals surface area contributed by atoms with Gasteiger partial charge in [-0.3, -0.25) is 14.3 Å². The third-order valence-corrected chi connectivity index (χ3v) is 4.86. The van der Waals surface area contributed by atoms with E-state index in [0.29, 0.717) is 11.2 Å². The number of nitrogens with one attached hydrogen (secondary N) is 2. The van der Waals surface area contributed by atoms with Gasteiger partial charge < -0.3 is 14.4 Å². The van der Waals surface area contributed by atoms with E-state index in [2.05, 4.69) is 35.8 Å². The molecule has 3 heterocycles. The SMILES string of the molecule is CC[C@H](C)n1c(N2CC[NH+](C)CC2)nc2c1c(=O)[nH]c(=O)n2C. The maximum Gasteiger partial charge on any atom is 0.329 e. The summed E-state index contributed by atoms with van der Waals surface area (Å²) in [6.07, 6.45) is 0.889. The molecule has 2 aromatic rings. The van der Waals surface area contributed by atoms with Gasteiger partial charge in [-0.25, -0.2) is 4.79 Å². The number of aromatic amines is 1. The highest BCUT2D eigenvalue weighted by molar-refractivity contribution is 5.74. The molecule has 0 saturated carbocycles. The first-order valence-electron chi connectivity index (χ1n) is 8.21. The smallest absolute Gasteiger partial charge is 0.329 e. The number of H-pyrrole nitrogens is 1. The average molecular weight is 321 g/mol. The predicted molar refractivity (Wildman–Crippen MR) is 89.4 cm³/mol. The molecule has 0 radical (unpaired) electrons. The van der Waals surface area contributed by atoms with Crippen LogP contribution < -0.4 is 21.0 Å². The highest BCUT2D eigenvalue weighted by Gasteiger charge is 2.26. The van der Waals surface area contributed by atoms with E-state index in [1.165, 1.54) is 9.47 Å². The molecule has 23 heavy (non-hydrogen) atoms. The lowest BCUT2D eigenvalue weighted by Gasteiger charge is -2.32. The van der Waals surface area contributed by atoms with E-state index >= 15 is 0 Å².